The van der Waals surface area contributed by atoms with Crippen LogP contribution in [0.5, 0.6) is 0 Å². The van der Waals surface area contributed by atoms with E-state index in [0.717, 1.165) is 37.7 Å². The van der Waals surface area contributed by atoms with Gasteiger partial charge in [0.25, 0.3) is 0 Å². The zero-order chi connectivity index (χ0) is 22.9. The van der Waals surface area contributed by atoms with Crippen molar-refractivity contribution >= 4 is 5.82 Å². The second kappa shape index (κ2) is 9.15. The predicted octanol–water partition coefficient (Wildman–Crippen LogP) is 5.24. The molecule has 0 radical (unpaired) electrons. The third-order valence-corrected chi connectivity index (χ3v) is 7.87. The minimum Gasteiger partial charge on any atom is -0.395 e. The molecule has 1 N–H and O–H groups in total. The van der Waals surface area contributed by atoms with Gasteiger partial charge in [0.2, 0.25) is 0 Å². The summed E-state index contributed by atoms with van der Waals surface area (Å²) in [4.78, 5) is 9.79. The van der Waals surface area contributed by atoms with Crippen molar-refractivity contribution in [1.82, 2.24) is 9.88 Å². The number of piperidine rings is 1. The van der Waals surface area contributed by atoms with Crippen LogP contribution in [0.3, 0.4) is 0 Å². The number of aromatic nitrogens is 1. The topological polar surface area (TPSA) is 39.6 Å². The highest BCUT2D eigenvalue weighted by Crippen LogP contribution is 2.46. The minimum atomic E-state index is 0.212. The Morgan fingerprint density at radius 2 is 1.69 bits per heavy atom. The molecule has 2 heterocycles. The molecule has 4 nitrogen and oxygen atoms in total. The van der Waals surface area contributed by atoms with Gasteiger partial charge in [0.15, 0.2) is 0 Å². The number of hydrogen-bond acceptors (Lipinski definition) is 4. The van der Waals surface area contributed by atoms with Gasteiger partial charge in [-0.25, -0.2) is 4.98 Å². The Morgan fingerprint density at radius 1 is 1.00 bits per heavy atom. The fourth-order valence-electron chi connectivity index (χ4n) is 5.56. The van der Waals surface area contributed by atoms with E-state index >= 15 is 0 Å². The number of anilines is 1. The molecule has 0 amide bonds. The van der Waals surface area contributed by atoms with E-state index in [2.05, 4.69) is 80.9 Å². The van der Waals surface area contributed by atoms with E-state index in [1.54, 1.807) is 0 Å². The summed E-state index contributed by atoms with van der Waals surface area (Å²) in [5.74, 6) is 1.80. The van der Waals surface area contributed by atoms with Gasteiger partial charge in [-0.1, -0.05) is 45.9 Å². The molecular formula is C28H41N3O. The molecule has 1 fully saturated rings. The van der Waals surface area contributed by atoms with Crippen LogP contribution in [0.2, 0.25) is 0 Å². The SMILES string of the molecule is CN(CCO)CC1CCN(c2cccc(-c3ccc4c(c3)C(C)(C)CCC4(C)C)n2)CC1. The summed E-state index contributed by atoms with van der Waals surface area (Å²) in [6, 6.07) is 13.5. The predicted molar refractivity (Wildman–Crippen MR) is 134 cm³/mol. The van der Waals surface area contributed by atoms with Crippen LogP contribution in [-0.2, 0) is 10.8 Å². The maximum Gasteiger partial charge on any atom is 0.129 e. The first-order chi connectivity index (χ1) is 15.2. The molecule has 4 rings (SSSR count). The van der Waals surface area contributed by atoms with Crippen LogP contribution in [0.25, 0.3) is 11.3 Å². The van der Waals surface area contributed by atoms with Crippen LogP contribution in [0.1, 0.15) is 64.5 Å². The van der Waals surface area contributed by atoms with Gasteiger partial charge in [0.05, 0.1) is 12.3 Å². The number of rotatable bonds is 6. The minimum absolute atomic E-state index is 0.212. The van der Waals surface area contributed by atoms with Crippen molar-refractivity contribution in [3.8, 4) is 11.3 Å². The van der Waals surface area contributed by atoms with Gasteiger partial charge in [-0.2, -0.15) is 0 Å². The van der Waals surface area contributed by atoms with Crippen LogP contribution in [-0.4, -0.2) is 54.8 Å². The molecule has 1 aromatic carbocycles. The third-order valence-electron chi connectivity index (χ3n) is 7.87. The maximum absolute atomic E-state index is 9.14. The van der Waals surface area contributed by atoms with E-state index < -0.39 is 0 Å². The lowest BCUT2D eigenvalue weighted by Crippen LogP contribution is -2.38. The van der Waals surface area contributed by atoms with Crippen molar-refractivity contribution in [2.75, 3.05) is 44.7 Å². The van der Waals surface area contributed by atoms with Gasteiger partial charge >= 0.3 is 0 Å². The van der Waals surface area contributed by atoms with Crippen molar-refractivity contribution in [1.29, 1.82) is 0 Å². The van der Waals surface area contributed by atoms with Crippen LogP contribution in [0.4, 0.5) is 5.82 Å². The van der Waals surface area contributed by atoms with Gasteiger partial charge < -0.3 is 14.9 Å². The Balaban J connectivity index is 1.51. The number of hydrogen-bond donors (Lipinski definition) is 1. The van der Waals surface area contributed by atoms with E-state index in [4.69, 9.17) is 10.1 Å². The first-order valence-electron chi connectivity index (χ1n) is 12.4. The molecule has 2 aromatic rings. The van der Waals surface area contributed by atoms with Crippen molar-refractivity contribution in [3.05, 3.63) is 47.5 Å². The number of fused-ring (bicyclic) bond motifs is 1. The van der Waals surface area contributed by atoms with E-state index in [-0.39, 0.29) is 17.4 Å². The van der Waals surface area contributed by atoms with Gasteiger partial charge in [-0.3, -0.25) is 0 Å². The highest BCUT2D eigenvalue weighted by Gasteiger charge is 2.37. The Hall–Kier alpha value is -1.91. The van der Waals surface area contributed by atoms with Crippen LogP contribution >= 0.6 is 0 Å². The van der Waals surface area contributed by atoms with E-state index in [9.17, 15) is 0 Å². The fraction of sp³-hybridized carbons (Fsp3) is 0.607. The largest absolute Gasteiger partial charge is 0.395 e. The van der Waals surface area contributed by atoms with E-state index in [1.165, 1.54) is 42.4 Å². The van der Waals surface area contributed by atoms with Crippen molar-refractivity contribution in [2.24, 2.45) is 5.92 Å². The van der Waals surface area contributed by atoms with Gasteiger partial charge in [-0.05, 0) is 78.8 Å². The molecule has 0 spiro atoms. The third kappa shape index (κ3) is 4.87. The van der Waals surface area contributed by atoms with E-state index in [0.29, 0.717) is 5.92 Å². The fourth-order valence-corrected chi connectivity index (χ4v) is 5.56. The van der Waals surface area contributed by atoms with Crippen LogP contribution < -0.4 is 4.90 Å². The second-order valence-electron chi connectivity index (χ2n) is 11.3. The highest BCUT2D eigenvalue weighted by molar-refractivity contribution is 5.65. The quantitative estimate of drug-likeness (QED) is 0.674. The molecule has 1 aromatic heterocycles. The lowest BCUT2D eigenvalue weighted by molar-refractivity contribution is 0.192. The number of aliphatic hydroxyl groups is 1. The summed E-state index contributed by atoms with van der Waals surface area (Å²) < 4.78 is 0. The Labute approximate surface area is 194 Å². The Kier molecular flexibility index (Phi) is 6.65. The van der Waals surface area contributed by atoms with E-state index in [1.807, 2.05) is 0 Å². The first kappa shape index (κ1) is 23.3. The molecule has 0 unspecified atom stereocenters. The number of pyridine rings is 1. The summed E-state index contributed by atoms with van der Waals surface area (Å²) in [7, 11) is 2.11. The van der Waals surface area contributed by atoms with Gasteiger partial charge in [0, 0.05) is 31.7 Å². The summed E-state index contributed by atoms with van der Waals surface area (Å²) in [5, 5.41) is 9.14. The number of nitrogens with zero attached hydrogens (tertiary/aromatic N) is 3. The molecule has 32 heavy (non-hydrogen) atoms. The normalized spacial score (nSPS) is 20.4. The molecule has 0 atom stereocenters. The average molecular weight is 436 g/mol. The molecule has 1 saturated heterocycles. The molecule has 0 saturated carbocycles. The summed E-state index contributed by atoms with van der Waals surface area (Å²) in [6.45, 7) is 13.7. The zero-order valence-electron chi connectivity index (χ0n) is 20.7. The maximum atomic E-state index is 9.14. The number of benzene rings is 1. The molecular weight excluding hydrogens is 394 g/mol. The standard InChI is InChI=1S/C28H41N3O/c1-27(2)13-14-28(3,4)24-19-22(9-10-23(24)27)25-7-6-8-26(29-25)31-15-11-21(12-16-31)20-30(5)17-18-32/h6-10,19,21,32H,11-18,20H2,1-5H3. The lowest BCUT2D eigenvalue weighted by Gasteiger charge is -2.42. The first-order valence-corrected chi connectivity index (χ1v) is 12.4. The molecule has 174 valence electrons. The Bertz CT molecular complexity index is 928. The highest BCUT2D eigenvalue weighted by atomic mass is 16.3. The van der Waals surface area contributed by atoms with Crippen molar-refractivity contribution in [3.63, 3.8) is 0 Å². The van der Waals surface area contributed by atoms with Crippen molar-refractivity contribution < 1.29 is 5.11 Å². The molecule has 0 bridgehead atoms. The van der Waals surface area contributed by atoms with Crippen LogP contribution in [0, 0.1) is 5.92 Å². The molecule has 1 aliphatic heterocycles. The van der Waals surface area contributed by atoms with Crippen molar-refractivity contribution in [2.45, 2.75) is 64.2 Å². The molecule has 4 heteroatoms. The average Bonchev–Trinajstić information content (AvgIpc) is 2.77. The Morgan fingerprint density at radius 3 is 2.38 bits per heavy atom. The van der Waals surface area contributed by atoms with Gasteiger partial charge in [-0.15, -0.1) is 0 Å². The summed E-state index contributed by atoms with van der Waals surface area (Å²) in [6.07, 6.45) is 4.84. The summed E-state index contributed by atoms with van der Waals surface area (Å²) >= 11 is 0. The second-order valence-corrected chi connectivity index (χ2v) is 11.3. The number of aliphatic hydroxyl groups excluding tert-OH is 1. The summed E-state index contributed by atoms with van der Waals surface area (Å²) in [5.41, 5.74) is 5.76. The van der Waals surface area contributed by atoms with Gasteiger partial charge in [0.1, 0.15) is 5.82 Å². The lowest BCUT2D eigenvalue weighted by atomic mass is 9.63. The zero-order valence-corrected chi connectivity index (χ0v) is 20.7. The molecule has 1 aliphatic carbocycles. The van der Waals surface area contributed by atoms with Crippen LogP contribution in [0.15, 0.2) is 36.4 Å². The molecule has 2 aliphatic rings. The smallest absolute Gasteiger partial charge is 0.129 e. The monoisotopic (exact) mass is 435 g/mol. The number of likely N-dealkylation sites (N-methyl/N-ethyl adjacent to an activating group) is 1.